The van der Waals surface area contributed by atoms with Crippen LogP contribution in [0.2, 0.25) is 5.02 Å². The van der Waals surface area contributed by atoms with Crippen LogP contribution in [-0.4, -0.2) is 4.83 Å². The molecule has 0 amide bonds. The van der Waals surface area contributed by atoms with Crippen LogP contribution in [-0.2, 0) is 6.42 Å². The van der Waals surface area contributed by atoms with Gasteiger partial charge in [-0.05, 0) is 37.0 Å². The number of rotatable bonds is 5. The van der Waals surface area contributed by atoms with Crippen molar-refractivity contribution < 1.29 is 0 Å². The zero-order valence-electron chi connectivity index (χ0n) is 8.47. The predicted molar refractivity (Wildman–Crippen MR) is 67.4 cm³/mol. The van der Waals surface area contributed by atoms with Gasteiger partial charge in [0.15, 0.2) is 0 Å². The smallest absolute Gasteiger partial charge is 0.0408 e. The van der Waals surface area contributed by atoms with Crippen LogP contribution in [0.3, 0.4) is 0 Å². The summed E-state index contributed by atoms with van der Waals surface area (Å²) in [4.78, 5) is 0.645. The fourth-order valence-corrected chi connectivity index (χ4v) is 2.37. The molecule has 0 aliphatic rings. The van der Waals surface area contributed by atoms with Gasteiger partial charge in [0.05, 0.1) is 0 Å². The van der Waals surface area contributed by atoms with E-state index in [2.05, 4.69) is 28.9 Å². The van der Waals surface area contributed by atoms with Crippen molar-refractivity contribution in [1.29, 1.82) is 0 Å². The molecular weight excluding hydrogens is 259 g/mol. The van der Waals surface area contributed by atoms with Gasteiger partial charge in [-0.3, -0.25) is 0 Å². The van der Waals surface area contributed by atoms with E-state index in [4.69, 9.17) is 11.6 Å². The normalized spacial score (nSPS) is 12.8. The topological polar surface area (TPSA) is 0 Å². The Morgan fingerprint density at radius 1 is 1.36 bits per heavy atom. The van der Waals surface area contributed by atoms with Crippen molar-refractivity contribution in [1.82, 2.24) is 0 Å². The Kier molecular flexibility index (Phi) is 5.57. The van der Waals surface area contributed by atoms with Gasteiger partial charge in [-0.2, -0.15) is 0 Å². The monoisotopic (exact) mass is 274 g/mol. The number of aryl methyl sites for hydroxylation is 1. The molecule has 0 saturated heterocycles. The maximum atomic E-state index is 5.91. The molecule has 1 rings (SSSR count). The SMILES string of the molecule is CCCC(Br)CCc1cccc(Cl)c1. The van der Waals surface area contributed by atoms with Gasteiger partial charge in [-0.1, -0.05) is 53.0 Å². The lowest BCUT2D eigenvalue weighted by Gasteiger charge is -2.07. The van der Waals surface area contributed by atoms with Crippen molar-refractivity contribution in [2.45, 2.75) is 37.4 Å². The van der Waals surface area contributed by atoms with Crippen LogP contribution in [0.5, 0.6) is 0 Å². The van der Waals surface area contributed by atoms with Crippen molar-refractivity contribution in [3.05, 3.63) is 34.9 Å². The minimum atomic E-state index is 0.645. The zero-order valence-corrected chi connectivity index (χ0v) is 10.8. The number of alkyl halides is 1. The highest BCUT2D eigenvalue weighted by atomic mass is 79.9. The van der Waals surface area contributed by atoms with E-state index in [1.54, 1.807) is 0 Å². The van der Waals surface area contributed by atoms with Gasteiger partial charge >= 0.3 is 0 Å². The Balaban J connectivity index is 2.37. The largest absolute Gasteiger partial charge is 0.0891 e. The molecule has 1 aromatic rings. The Hall–Kier alpha value is -0.0100. The van der Waals surface area contributed by atoms with Gasteiger partial charge < -0.3 is 0 Å². The molecule has 0 saturated carbocycles. The van der Waals surface area contributed by atoms with Crippen molar-refractivity contribution >= 4 is 27.5 Å². The minimum Gasteiger partial charge on any atom is -0.0891 e. The van der Waals surface area contributed by atoms with Crippen molar-refractivity contribution in [3.8, 4) is 0 Å². The van der Waals surface area contributed by atoms with Crippen LogP contribution in [0.1, 0.15) is 31.7 Å². The number of hydrogen-bond acceptors (Lipinski definition) is 0. The van der Waals surface area contributed by atoms with Gasteiger partial charge in [0.25, 0.3) is 0 Å². The summed E-state index contributed by atoms with van der Waals surface area (Å²) in [5, 5.41) is 0.837. The average molecular weight is 276 g/mol. The van der Waals surface area contributed by atoms with Crippen LogP contribution >= 0.6 is 27.5 Å². The fourth-order valence-electron chi connectivity index (χ4n) is 1.47. The first-order valence-electron chi connectivity index (χ1n) is 5.11. The molecular formula is C12H16BrCl. The van der Waals surface area contributed by atoms with Crippen molar-refractivity contribution in [3.63, 3.8) is 0 Å². The quantitative estimate of drug-likeness (QED) is 0.675. The molecule has 14 heavy (non-hydrogen) atoms. The van der Waals surface area contributed by atoms with E-state index in [9.17, 15) is 0 Å². The van der Waals surface area contributed by atoms with E-state index >= 15 is 0 Å². The Morgan fingerprint density at radius 2 is 2.14 bits per heavy atom. The molecule has 0 heterocycles. The highest BCUT2D eigenvalue weighted by Crippen LogP contribution is 2.17. The Bertz CT molecular complexity index is 273. The molecule has 0 radical (unpaired) electrons. The van der Waals surface area contributed by atoms with Crippen LogP contribution in [0.25, 0.3) is 0 Å². The van der Waals surface area contributed by atoms with Crippen LogP contribution in [0.15, 0.2) is 24.3 Å². The third-order valence-electron chi connectivity index (χ3n) is 2.24. The number of halogens is 2. The molecule has 0 aromatic heterocycles. The second kappa shape index (κ2) is 6.47. The van der Waals surface area contributed by atoms with E-state index in [0.29, 0.717) is 4.83 Å². The summed E-state index contributed by atoms with van der Waals surface area (Å²) < 4.78 is 0. The number of hydrogen-bond donors (Lipinski definition) is 0. The Morgan fingerprint density at radius 3 is 2.79 bits per heavy atom. The second-order valence-electron chi connectivity index (χ2n) is 3.55. The van der Waals surface area contributed by atoms with Crippen molar-refractivity contribution in [2.75, 3.05) is 0 Å². The highest BCUT2D eigenvalue weighted by Gasteiger charge is 2.03. The van der Waals surface area contributed by atoms with Gasteiger partial charge in [0.1, 0.15) is 0 Å². The molecule has 0 bridgehead atoms. The van der Waals surface area contributed by atoms with E-state index in [0.717, 1.165) is 11.4 Å². The van der Waals surface area contributed by atoms with Gasteiger partial charge in [0.2, 0.25) is 0 Å². The van der Waals surface area contributed by atoms with E-state index in [1.165, 1.54) is 24.8 Å². The molecule has 1 unspecified atom stereocenters. The summed E-state index contributed by atoms with van der Waals surface area (Å²) in [5.74, 6) is 0. The van der Waals surface area contributed by atoms with Crippen LogP contribution in [0, 0.1) is 0 Å². The molecule has 0 nitrogen and oxygen atoms in total. The summed E-state index contributed by atoms with van der Waals surface area (Å²) in [6.45, 7) is 2.22. The summed E-state index contributed by atoms with van der Waals surface area (Å²) >= 11 is 9.59. The lowest BCUT2D eigenvalue weighted by molar-refractivity contribution is 0.693. The van der Waals surface area contributed by atoms with Gasteiger partial charge in [-0.25, -0.2) is 0 Å². The third kappa shape index (κ3) is 4.47. The molecule has 0 fully saturated rings. The van der Waals surface area contributed by atoms with Crippen LogP contribution in [0.4, 0.5) is 0 Å². The standard InChI is InChI=1S/C12H16BrCl/c1-2-4-11(13)8-7-10-5-3-6-12(14)9-10/h3,5-6,9,11H,2,4,7-8H2,1H3. The van der Waals surface area contributed by atoms with E-state index in [1.807, 2.05) is 18.2 Å². The first-order valence-corrected chi connectivity index (χ1v) is 6.40. The fraction of sp³-hybridized carbons (Fsp3) is 0.500. The lowest BCUT2D eigenvalue weighted by Crippen LogP contribution is -1.99. The molecule has 0 spiro atoms. The third-order valence-corrected chi connectivity index (χ3v) is 3.39. The summed E-state index contributed by atoms with van der Waals surface area (Å²) in [5.41, 5.74) is 1.33. The molecule has 1 aromatic carbocycles. The van der Waals surface area contributed by atoms with E-state index in [-0.39, 0.29) is 0 Å². The van der Waals surface area contributed by atoms with Crippen molar-refractivity contribution in [2.24, 2.45) is 0 Å². The van der Waals surface area contributed by atoms with Gasteiger partial charge in [0, 0.05) is 9.85 Å². The zero-order chi connectivity index (χ0) is 10.4. The molecule has 1 atom stereocenters. The average Bonchev–Trinajstić information content (AvgIpc) is 2.15. The molecule has 0 aliphatic carbocycles. The molecule has 0 N–H and O–H groups in total. The van der Waals surface area contributed by atoms with Gasteiger partial charge in [-0.15, -0.1) is 0 Å². The highest BCUT2D eigenvalue weighted by molar-refractivity contribution is 9.09. The lowest BCUT2D eigenvalue weighted by atomic mass is 10.1. The maximum absolute atomic E-state index is 5.91. The first kappa shape index (κ1) is 12.1. The molecule has 2 heteroatoms. The summed E-state index contributed by atoms with van der Waals surface area (Å²) in [6, 6.07) is 8.12. The summed E-state index contributed by atoms with van der Waals surface area (Å²) in [7, 11) is 0. The summed E-state index contributed by atoms with van der Waals surface area (Å²) in [6.07, 6.45) is 4.79. The second-order valence-corrected chi connectivity index (χ2v) is 5.29. The first-order chi connectivity index (χ1) is 6.72. The molecule has 78 valence electrons. The maximum Gasteiger partial charge on any atom is 0.0408 e. The predicted octanol–water partition coefficient (Wildman–Crippen LogP) is 4.84. The van der Waals surface area contributed by atoms with Crippen LogP contribution < -0.4 is 0 Å². The van der Waals surface area contributed by atoms with E-state index < -0.39 is 0 Å². The molecule has 0 aliphatic heterocycles. The number of benzene rings is 1. The minimum absolute atomic E-state index is 0.645. The Labute approximate surface area is 99.8 Å².